The molecule has 0 aliphatic rings. The van der Waals surface area contributed by atoms with Crippen LogP contribution >= 0.6 is 11.3 Å². The Hall–Kier alpha value is -0.420. The molecule has 2 unspecified atom stereocenters. The first-order valence-corrected chi connectivity index (χ1v) is 4.70. The van der Waals surface area contributed by atoms with Gasteiger partial charge in [-0.2, -0.15) is 0 Å². The molecule has 1 rings (SSSR count). The van der Waals surface area contributed by atoms with E-state index >= 15 is 0 Å². The molecule has 12 heavy (non-hydrogen) atoms. The van der Waals surface area contributed by atoms with Crippen molar-refractivity contribution in [3.8, 4) is 0 Å². The van der Waals surface area contributed by atoms with Crippen molar-refractivity contribution < 1.29 is 5.11 Å². The van der Waals surface area contributed by atoms with Gasteiger partial charge in [0.15, 0.2) is 0 Å². The maximum absolute atomic E-state index is 8.79. The zero-order valence-corrected chi connectivity index (χ0v) is 7.84. The molecule has 3 nitrogen and oxygen atoms in total. The molecule has 1 heterocycles. The van der Waals surface area contributed by atoms with E-state index in [0.717, 1.165) is 10.4 Å². The van der Waals surface area contributed by atoms with Crippen LogP contribution in [0.5, 0.6) is 0 Å². The maximum Gasteiger partial charge on any atom is 0.0601 e. The molecule has 0 saturated heterocycles. The molecule has 1 aromatic rings. The summed E-state index contributed by atoms with van der Waals surface area (Å²) in [6.07, 6.45) is 0. The third-order valence-corrected chi connectivity index (χ3v) is 3.00. The van der Waals surface area contributed by atoms with E-state index < -0.39 is 0 Å². The van der Waals surface area contributed by atoms with Crippen molar-refractivity contribution >= 4 is 11.3 Å². The average molecular weight is 186 g/mol. The highest BCUT2D eigenvalue weighted by molar-refractivity contribution is 7.10. The van der Waals surface area contributed by atoms with E-state index in [2.05, 4.69) is 0 Å². The highest BCUT2D eigenvalue weighted by atomic mass is 32.1. The van der Waals surface area contributed by atoms with Gasteiger partial charge in [-0.3, -0.25) is 0 Å². The smallest absolute Gasteiger partial charge is 0.0601 e. The maximum atomic E-state index is 8.79. The number of nitrogens with two attached hydrogens (primary N) is 2. The minimum absolute atomic E-state index is 0.0709. The molecule has 0 aliphatic heterocycles. The first-order valence-electron chi connectivity index (χ1n) is 3.82. The van der Waals surface area contributed by atoms with Gasteiger partial charge in [-0.1, -0.05) is 0 Å². The summed E-state index contributed by atoms with van der Waals surface area (Å²) in [5.41, 5.74) is 12.6. The number of aliphatic hydroxyl groups is 1. The van der Waals surface area contributed by atoms with Crippen LogP contribution in [0.4, 0.5) is 0 Å². The quantitative estimate of drug-likeness (QED) is 0.639. The molecular weight excluding hydrogens is 172 g/mol. The van der Waals surface area contributed by atoms with E-state index in [1.807, 2.05) is 18.4 Å². The zero-order valence-electron chi connectivity index (χ0n) is 7.03. The van der Waals surface area contributed by atoms with Gasteiger partial charge < -0.3 is 16.6 Å². The fraction of sp³-hybridized carbons (Fsp3) is 0.500. The summed E-state index contributed by atoms with van der Waals surface area (Å²) in [6, 6.07) is 1.40. The molecule has 0 spiro atoms. The molecule has 68 valence electrons. The zero-order chi connectivity index (χ0) is 9.14. The summed E-state index contributed by atoms with van der Waals surface area (Å²) >= 11 is 1.59. The van der Waals surface area contributed by atoms with Crippen molar-refractivity contribution in [3.63, 3.8) is 0 Å². The second-order valence-electron chi connectivity index (χ2n) is 2.84. The van der Waals surface area contributed by atoms with Crippen LogP contribution < -0.4 is 11.5 Å². The minimum atomic E-state index is -0.359. The number of rotatable bonds is 3. The topological polar surface area (TPSA) is 72.3 Å². The van der Waals surface area contributed by atoms with Crippen LogP contribution in [-0.2, 0) is 0 Å². The second kappa shape index (κ2) is 4.00. The highest BCUT2D eigenvalue weighted by Gasteiger charge is 2.16. The first kappa shape index (κ1) is 9.67. The first-order chi connectivity index (χ1) is 5.66. The summed E-state index contributed by atoms with van der Waals surface area (Å²) in [4.78, 5) is 1.07. The Kier molecular flexibility index (Phi) is 3.22. The summed E-state index contributed by atoms with van der Waals surface area (Å²) in [6.45, 7) is 1.92. The monoisotopic (exact) mass is 186 g/mol. The Bertz CT molecular complexity index is 249. The van der Waals surface area contributed by atoms with Gasteiger partial charge >= 0.3 is 0 Å². The number of hydrogen-bond acceptors (Lipinski definition) is 4. The van der Waals surface area contributed by atoms with Crippen molar-refractivity contribution in [3.05, 3.63) is 21.9 Å². The molecule has 2 atom stereocenters. The largest absolute Gasteiger partial charge is 0.395 e. The minimum Gasteiger partial charge on any atom is -0.395 e. The SMILES string of the molecule is Cc1ccsc1C(N)C(N)CO. The fourth-order valence-corrected chi connectivity index (χ4v) is 2.04. The molecular formula is C8H14N2OS. The Labute approximate surface area is 76.0 Å². The highest BCUT2D eigenvalue weighted by Crippen LogP contribution is 2.23. The molecule has 0 aromatic carbocycles. The molecule has 4 heteroatoms. The second-order valence-corrected chi connectivity index (χ2v) is 3.79. The molecule has 0 aliphatic carbocycles. The van der Waals surface area contributed by atoms with Crippen LogP contribution in [0.25, 0.3) is 0 Å². The van der Waals surface area contributed by atoms with Crippen LogP contribution in [0.1, 0.15) is 16.5 Å². The number of hydrogen-bond donors (Lipinski definition) is 3. The lowest BCUT2D eigenvalue weighted by atomic mass is 10.1. The van der Waals surface area contributed by atoms with Crippen LogP contribution in [0.3, 0.4) is 0 Å². The third kappa shape index (κ3) is 1.84. The summed E-state index contributed by atoms with van der Waals surface area (Å²) in [7, 11) is 0. The van der Waals surface area contributed by atoms with Gasteiger partial charge in [0.05, 0.1) is 12.6 Å². The predicted molar refractivity (Wildman–Crippen MR) is 51.0 cm³/mol. The van der Waals surface area contributed by atoms with Gasteiger partial charge in [-0.05, 0) is 23.9 Å². The summed E-state index contributed by atoms with van der Waals surface area (Å²) in [5.74, 6) is 0. The van der Waals surface area contributed by atoms with Crippen LogP contribution in [-0.4, -0.2) is 17.8 Å². The van der Waals surface area contributed by atoms with E-state index in [4.69, 9.17) is 16.6 Å². The van der Waals surface area contributed by atoms with Crippen LogP contribution in [0, 0.1) is 6.92 Å². The van der Waals surface area contributed by atoms with Crippen molar-refractivity contribution in [2.24, 2.45) is 11.5 Å². The van der Waals surface area contributed by atoms with Crippen molar-refractivity contribution in [2.45, 2.75) is 19.0 Å². The van der Waals surface area contributed by atoms with E-state index in [-0.39, 0.29) is 18.7 Å². The van der Waals surface area contributed by atoms with Gasteiger partial charge in [0, 0.05) is 10.9 Å². The number of thiophene rings is 1. The molecule has 5 N–H and O–H groups in total. The van der Waals surface area contributed by atoms with Crippen LogP contribution in [0.2, 0.25) is 0 Å². The van der Waals surface area contributed by atoms with Gasteiger partial charge in [0.25, 0.3) is 0 Å². The molecule has 1 aromatic heterocycles. The van der Waals surface area contributed by atoms with Crippen molar-refractivity contribution in [2.75, 3.05) is 6.61 Å². The lowest BCUT2D eigenvalue weighted by molar-refractivity contribution is 0.250. The van der Waals surface area contributed by atoms with Gasteiger partial charge in [-0.25, -0.2) is 0 Å². The standard InChI is InChI=1S/C8H14N2OS/c1-5-2-3-12-8(5)7(10)6(9)4-11/h2-3,6-7,11H,4,9-10H2,1H3. The number of aliphatic hydroxyl groups excluding tert-OH is 1. The van der Waals surface area contributed by atoms with Crippen LogP contribution in [0.15, 0.2) is 11.4 Å². The van der Waals surface area contributed by atoms with E-state index in [0.29, 0.717) is 0 Å². The van der Waals surface area contributed by atoms with E-state index in [1.54, 1.807) is 11.3 Å². The van der Waals surface area contributed by atoms with Crippen molar-refractivity contribution in [1.29, 1.82) is 0 Å². The van der Waals surface area contributed by atoms with E-state index in [1.165, 1.54) is 0 Å². The van der Waals surface area contributed by atoms with Crippen molar-refractivity contribution in [1.82, 2.24) is 0 Å². The van der Waals surface area contributed by atoms with Gasteiger partial charge in [0.1, 0.15) is 0 Å². The van der Waals surface area contributed by atoms with Gasteiger partial charge in [0.2, 0.25) is 0 Å². The Morgan fingerprint density at radius 1 is 1.58 bits per heavy atom. The predicted octanol–water partition coefficient (Wildman–Crippen LogP) is 0.376. The fourth-order valence-electron chi connectivity index (χ4n) is 1.03. The normalized spacial score (nSPS) is 16.0. The Balaban J connectivity index is 2.77. The lowest BCUT2D eigenvalue weighted by Crippen LogP contribution is -2.36. The Morgan fingerprint density at radius 3 is 2.67 bits per heavy atom. The third-order valence-electron chi connectivity index (χ3n) is 1.88. The number of aryl methyl sites for hydroxylation is 1. The molecule has 0 fully saturated rings. The average Bonchev–Trinajstić information content (AvgIpc) is 2.48. The molecule has 0 saturated carbocycles. The lowest BCUT2D eigenvalue weighted by Gasteiger charge is -2.16. The molecule has 0 radical (unpaired) electrons. The summed E-state index contributed by atoms with van der Waals surface area (Å²) < 4.78 is 0. The molecule has 0 amide bonds. The van der Waals surface area contributed by atoms with E-state index in [9.17, 15) is 0 Å². The summed E-state index contributed by atoms with van der Waals surface area (Å²) in [5, 5.41) is 10.8. The molecule has 0 bridgehead atoms. The Morgan fingerprint density at radius 2 is 2.25 bits per heavy atom. The van der Waals surface area contributed by atoms with Gasteiger partial charge in [-0.15, -0.1) is 11.3 Å².